The van der Waals surface area contributed by atoms with E-state index in [0.29, 0.717) is 13.1 Å². The highest BCUT2D eigenvalue weighted by molar-refractivity contribution is 5.79. The van der Waals surface area contributed by atoms with Gasteiger partial charge in [0.25, 0.3) is 0 Å². The van der Waals surface area contributed by atoms with Crippen LogP contribution in [0.15, 0.2) is 43.1 Å². The molecule has 0 aromatic carbocycles. The molecule has 1 aliphatic rings. The Bertz CT molecular complexity index is 619. The highest BCUT2D eigenvalue weighted by Gasteiger charge is 2.26. The number of nitrogens with one attached hydrogen (secondary N) is 1. The van der Waals surface area contributed by atoms with Gasteiger partial charge in [0, 0.05) is 44.4 Å². The lowest BCUT2D eigenvalue weighted by molar-refractivity contribution is -0.125. The third-order valence-corrected chi connectivity index (χ3v) is 4.10. The van der Waals surface area contributed by atoms with Crippen molar-refractivity contribution in [1.82, 2.24) is 20.3 Å². The molecular formula is C17H21N5O. The maximum atomic E-state index is 12.4. The fourth-order valence-corrected chi connectivity index (χ4v) is 2.87. The molecule has 23 heavy (non-hydrogen) atoms. The van der Waals surface area contributed by atoms with Crippen molar-refractivity contribution in [3.8, 4) is 0 Å². The van der Waals surface area contributed by atoms with E-state index in [9.17, 15) is 4.79 Å². The highest BCUT2D eigenvalue weighted by Crippen LogP contribution is 2.20. The summed E-state index contributed by atoms with van der Waals surface area (Å²) in [7, 11) is 0. The second-order valence-electron chi connectivity index (χ2n) is 5.75. The Labute approximate surface area is 136 Å². The van der Waals surface area contributed by atoms with Gasteiger partial charge in [0.15, 0.2) is 0 Å². The van der Waals surface area contributed by atoms with Crippen molar-refractivity contribution in [2.45, 2.75) is 19.3 Å². The molecule has 0 bridgehead atoms. The molecule has 2 aromatic rings. The van der Waals surface area contributed by atoms with Crippen LogP contribution in [0.2, 0.25) is 0 Å². The maximum Gasteiger partial charge on any atom is 0.224 e. The largest absolute Gasteiger partial charge is 0.355 e. The molecule has 1 fully saturated rings. The summed E-state index contributed by atoms with van der Waals surface area (Å²) in [5.74, 6) is 0.988. The van der Waals surface area contributed by atoms with Gasteiger partial charge >= 0.3 is 0 Å². The van der Waals surface area contributed by atoms with Crippen molar-refractivity contribution in [3.05, 3.63) is 48.7 Å². The molecule has 6 heteroatoms. The minimum absolute atomic E-state index is 0.0136. The summed E-state index contributed by atoms with van der Waals surface area (Å²) in [6.45, 7) is 2.28. The first-order chi connectivity index (χ1) is 11.3. The predicted molar refractivity (Wildman–Crippen MR) is 87.9 cm³/mol. The summed E-state index contributed by atoms with van der Waals surface area (Å²) in [6, 6.07) is 3.94. The predicted octanol–water partition coefficient (Wildman–Crippen LogP) is 1.45. The van der Waals surface area contributed by atoms with Crippen LogP contribution >= 0.6 is 0 Å². The normalized spacial score (nSPS) is 17.7. The zero-order valence-electron chi connectivity index (χ0n) is 13.1. The molecule has 1 saturated heterocycles. The standard InChI is InChI=1S/C17H21N5O/c23-17(21-7-5-14-3-1-6-18-11-14)15-4-2-10-22(13-15)16-12-19-8-9-20-16/h1,3,6,8-9,11-12,15H,2,4-5,7,10,13H2,(H,21,23). The number of pyridine rings is 1. The first kappa shape index (κ1) is 15.4. The second kappa shape index (κ2) is 7.67. The van der Waals surface area contributed by atoms with Gasteiger partial charge in [-0.05, 0) is 30.9 Å². The molecular weight excluding hydrogens is 290 g/mol. The van der Waals surface area contributed by atoms with Gasteiger partial charge < -0.3 is 10.2 Å². The number of hydrogen-bond donors (Lipinski definition) is 1. The number of hydrogen-bond acceptors (Lipinski definition) is 5. The lowest BCUT2D eigenvalue weighted by atomic mass is 9.97. The van der Waals surface area contributed by atoms with Crippen LogP contribution in [0.25, 0.3) is 0 Å². The zero-order chi connectivity index (χ0) is 15.9. The SMILES string of the molecule is O=C(NCCc1cccnc1)C1CCCN(c2cnccn2)C1. The van der Waals surface area contributed by atoms with Crippen molar-refractivity contribution in [1.29, 1.82) is 0 Å². The number of amides is 1. The average molecular weight is 311 g/mol. The van der Waals surface area contributed by atoms with Gasteiger partial charge in [-0.3, -0.25) is 14.8 Å². The van der Waals surface area contributed by atoms with Gasteiger partial charge in [0.2, 0.25) is 5.91 Å². The lowest BCUT2D eigenvalue weighted by Gasteiger charge is -2.32. The minimum Gasteiger partial charge on any atom is -0.355 e. The topological polar surface area (TPSA) is 71.0 Å². The van der Waals surface area contributed by atoms with E-state index in [1.165, 1.54) is 0 Å². The van der Waals surface area contributed by atoms with Crippen molar-refractivity contribution < 1.29 is 4.79 Å². The summed E-state index contributed by atoms with van der Waals surface area (Å²) in [4.78, 5) is 27.0. The van der Waals surface area contributed by atoms with E-state index in [1.807, 2.05) is 18.3 Å². The van der Waals surface area contributed by atoms with Gasteiger partial charge in [-0.2, -0.15) is 0 Å². The summed E-state index contributed by atoms with van der Waals surface area (Å²) in [5.41, 5.74) is 1.14. The molecule has 0 aliphatic carbocycles. The molecule has 0 spiro atoms. The summed E-state index contributed by atoms with van der Waals surface area (Å²) >= 11 is 0. The molecule has 1 N–H and O–H groups in total. The van der Waals surface area contributed by atoms with Crippen LogP contribution in [0.5, 0.6) is 0 Å². The molecule has 2 aromatic heterocycles. The van der Waals surface area contributed by atoms with Crippen LogP contribution < -0.4 is 10.2 Å². The number of nitrogens with zero attached hydrogens (tertiary/aromatic N) is 4. The zero-order valence-corrected chi connectivity index (χ0v) is 13.1. The van der Waals surface area contributed by atoms with Crippen LogP contribution in [-0.4, -0.2) is 40.5 Å². The van der Waals surface area contributed by atoms with E-state index in [4.69, 9.17) is 0 Å². The van der Waals surface area contributed by atoms with E-state index < -0.39 is 0 Å². The number of piperidine rings is 1. The second-order valence-corrected chi connectivity index (χ2v) is 5.75. The summed E-state index contributed by atoms with van der Waals surface area (Å²) in [6.07, 6.45) is 11.4. The van der Waals surface area contributed by atoms with Gasteiger partial charge in [0.1, 0.15) is 5.82 Å². The number of carbonyl (C=O) groups excluding carboxylic acids is 1. The molecule has 120 valence electrons. The van der Waals surface area contributed by atoms with Crippen LogP contribution in [0, 0.1) is 5.92 Å². The van der Waals surface area contributed by atoms with Crippen LogP contribution in [0.3, 0.4) is 0 Å². The molecule has 1 amide bonds. The van der Waals surface area contributed by atoms with E-state index in [0.717, 1.165) is 37.2 Å². The minimum atomic E-state index is 0.0136. The number of anilines is 1. The van der Waals surface area contributed by atoms with E-state index in [-0.39, 0.29) is 11.8 Å². The molecule has 3 rings (SSSR count). The van der Waals surface area contributed by atoms with Crippen LogP contribution in [0.4, 0.5) is 5.82 Å². The van der Waals surface area contributed by atoms with E-state index in [2.05, 4.69) is 25.2 Å². The average Bonchev–Trinajstić information content (AvgIpc) is 2.63. The molecule has 1 unspecified atom stereocenters. The van der Waals surface area contributed by atoms with Crippen molar-refractivity contribution in [2.24, 2.45) is 5.92 Å². The molecule has 6 nitrogen and oxygen atoms in total. The van der Waals surface area contributed by atoms with Gasteiger partial charge in [0.05, 0.1) is 12.1 Å². The summed E-state index contributed by atoms with van der Waals surface area (Å²) < 4.78 is 0. The number of carbonyl (C=O) groups is 1. The van der Waals surface area contributed by atoms with E-state index >= 15 is 0 Å². The fourth-order valence-electron chi connectivity index (χ4n) is 2.87. The highest BCUT2D eigenvalue weighted by atomic mass is 16.1. The molecule has 1 atom stereocenters. The van der Waals surface area contributed by atoms with Crippen LogP contribution in [-0.2, 0) is 11.2 Å². The van der Waals surface area contributed by atoms with Gasteiger partial charge in [-0.15, -0.1) is 0 Å². The Hall–Kier alpha value is -2.50. The Balaban J connectivity index is 1.49. The maximum absolute atomic E-state index is 12.4. The molecule has 0 saturated carbocycles. The van der Waals surface area contributed by atoms with Crippen LogP contribution in [0.1, 0.15) is 18.4 Å². The lowest BCUT2D eigenvalue weighted by Crippen LogP contribution is -2.43. The quantitative estimate of drug-likeness (QED) is 0.905. The van der Waals surface area contributed by atoms with Crippen molar-refractivity contribution >= 4 is 11.7 Å². The van der Waals surface area contributed by atoms with E-state index in [1.54, 1.807) is 24.8 Å². The number of aromatic nitrogens is 3. The van der Waals surface area contributed by atoms with Gasteiger partial charge in [-0.25, -0.2) is 4.98 Å². The summed E-state index contributed by atoms with van der Waals surface area (Å²) in [5, 5.41) is 3.04. The number of rotatable bonds is 5. The first-order valence-corrected chi connectivity index (χ1v) is 8.00. The fraction of sp³-hybridized carbons (Fsp3) is 0.412. The Kier molecular flexibility index (Phi) is 5.13. The third-order valence-electron chi connectivity index (χ3n) is 4.10. The molecule has 0 radical (unpaired) electrons. The molecule has 1 aliphatic heterocycles. The Morgan fingerprint density at radius 3 is 2.96 bits per heavy atom. The Morgan fingerprint density at radius 1 is 1.26 bits per heavy atom. The first-order valence-electron chi connectivity index (χ1n) is 8.00. The smallest absolute Gasteiger partial charge is 0.224 e. The van der Waals surface area contributed by atoms with Gasteiger partial charge in [-0.1, -0.05) is 6.07 Å². The molecule has 3 heterocycles. The third kappa shape index (κ3) is 4.25. The Morgan fingerprint density at radius 2 is 2.17 bits per heavy atom. The van der Waals surface area contributed by atoms with Crippen molar-refractivity contribution in [3.63, 3.8) is 0 Å². The monoisotopic (exact) mass is 311 g/mol. The van der Waals surface area contributed by atoms with Crippen molar-refractivity contribution in [2.75, 3.05) is 24.5 Å².